The Kier molecular flexibility index (Phi) is 7.12. The predicted octanol–water partition coefficient (Wildman–Crippen LogP) is 3.31. The molecule has 0 radical (unpaired) electrons. The monoisotopic (exact) mass is 443 g/mol. The molecule has 0 saturated carbocycles. The second-order valence-corrected chi connectivity index (χ2v) is 8.36. The number of carbonyl (C=O) groups is 1. The van der Waals surface area contributed by atoms with Crippen LogP contribution in [0.3, 0.4) is 0 Å². The molecule has 2 aromatic rings. The van der Waals surface area contributed by atoms with Crippen molar-refractivity contribution in [2.45, 2.75) is 51.3 Å². The second kappa shape index (κ2) is 9.42. The highest BCUT2D eigenvalue weighted by atomic mass is 32.1. The van der Waals surface area contributed by atoms with Gasteiger partial charge in [0.1, 0.15) is 6.10 Å². The van der Waals surface area contributed by atoms with E-state index >= 15 is 0 Å². The van der Waals surface area contributed by atoms with Crippen LogP contribution in [0, 0.1) is 0 Å². The van der Waals surface area contributed by atoms with Crippen LogP contribution in [0.25, 0.3) is 0 Å². The van der Waals surface area contributed by atoms with E-state index in [0.717, 1.165) is 30.9 Å². The van der Waals surface area contributed by atoms with Crippen molar-refractivity contribution < 1.29 is 27.8 Å². The summed E-state index contributed by atoms with van der Waals surface area (Å²) < 4.78 is 44.1. The van der Waals surface area contributed by atoms with Gasteiger partial charge in [0.15, 0.2) is 5.13 Å². The third-order valence-electron chi connectivity index (χ3n) is 4.65. The highest BCUT2D eigenvalue weighted by molar-refractivity contribution is 7.13. The number of benzene rings is 1. The van der Waals surface area contributed by atoms with Gasteiger partial charge in [0, 0.05) is 31.4 Å². The molecule has 10 heteroatoms. The average Bonchev–Trinajstić information content (AvgIpc) is 3.07. The summed E-state index contributed by atoms with van der Waals surface area (Å²) in [6.45, 7) is 6.23. The second-order valence-electron chi connectivity index (χ2n) is 7.50. The number of nitrogens with one attached hydrogen (secondary N) is 1. The number of thiazole rings is 1. The van der Waals surface area contributed by atoms with E-state index in [2.05, 4.69) is 15.2 Å². The zero-order valence-corrected chi connectivity index (χ0v) is 17.5. The lowest BCUT2D eigenvalue weighted by Crippen LogP contribution is -2.44. The largest absolute Gasteiger partial charge is 0.416 e. The SMILES string of the molecule is C[C@@H]1CN(Cc2csc(NC(=O)[C@@H](O)Cc3cccc(C(F)(F)F)c3)n2)C[C@H](C)O1. The quantitative estimate of drug-likeness (QED) is 0.717. The fourth-order valence-electron chi connectivity index (χ4n) is 3.46. The summed E-state index contributed by atoms with van der Waals surface area (Å²) >= 11 is 1.24. The van der Waals surface area contributed by atoms with Gasteiger partial charge >= 0.3 is 6.18 Å². The number of aliphatic hydroxyl groups is 1. The lowest BCUT2D eigenvalue weighted by molar-refractivity contribution is -0.137. The Balaban J connectivity index is 1.55. The van der Waals surface area contributed by atoms with Crippen LogP contribution in [0.5, 0.6) is 0 Å². The molecule has 0 unspecified atom stereocenters. The minimum absolute atomic E-state index is 0.137. The minimum atomic E-state index is -4.48. The molecule has 1 fully saturated rings. The molecule has 1 aliphatic rings. The van der Waals surface area contributed by atoms with Crippen molar-refractivity contribution >= 4 is 22.4 Å². The number of anilines is 1. The molecule has 3 atom stereocenters. The summed E-state index contributed by atoms with van der Waals surface area (Å²) in [5.74, 6) is -0.707. The van der Waals surface area contributed by atoms with Gasteiger partial charge in [-0.1, -0.05) is 18.2 Å². The Labute approximate surface area is 176 Å². The maximum Gasteiger partial charge on any atom is 0.416 e. The van der Waals surface area contributed by atoms with Crippen molar-refractivity contribution in [3.05, 3.63) is 46.5 Å². The van der Waals surface area contributed by atoms with Gasteiger partial charge in [-0.2, -0.15) is 13.2 Å². The molecule has 0 aliphatic carbocycles. The first kappa shape index (κ1) is 22.7. The van der Waals surface area contributed by atoms with Crippen LogP contribution in [0.15, 0.2) is 29.6 Å². The molecule has 3 rings (SSSR count). The van der Waals surface area contributed by atoms with Crippen LogP contribution in [-0.2, 0) is 28.7 Å². The number of alkyl halides is 3. The van der Waals surface area contributed by atoms with E-state index in [1.165, 1.54) is 23.5 Å². The van der Waals surface area contributed by atoms with E-state index in [1.54, 1.807) is 0 Å². The van der Waals surface area contributed by atoms with Gasteiger partial charge in [0.25, 0.3) is 5.91 Å². The summed E-state index contributed by atoms with van der Waals surface area (Å²) in [6, 6.07) is 4.58. The number of aliphatic hydroxyl groups excluding tert-OH is 1. The average molecular weight is 443 g/mol. The summed E-state index contributed by atoms with van der Waals surface area (Å²) in [4.78, 5) is 18.8. The van der Waals surface area contributed by atoms with Gasteiger partial charge in [0.05, 0.1) is 23.5 Å². The smallest absolute Gasteiger partial charge is 0.383 e. The Morgan fingerprint density at radius 3 is 2.73 bits per heavy atom. The molecule has 1 amide bonds. The maximum absolute atomic E-state index is 12.8. The van der Waals surface area contributed by atoms with Crippen molar-refractivity contribution in [1.29, 1.82) is 0 Å². The van der Waals surface area contributed by atoms with Crippen molar-refractivity contribution in [3.8, 4) is 0 Å². The van der Waals surface area contributed by atoms with Crippen LogP contribution in [-0.4, -0.2) is 52.3 Å². The maximum atomic E-state index is 12.8. The van der Waals surface area contributed by atoms with E-state index < -0.39 is 23.8 Å². The molecule has 164 valence electrons. The van der Waals surface area contributed by atoms with Crippen LogP contribution in [0.1, 0.15) is 30.7 Å². The zero-order chi connectivity index (χ0) is 21.9. The topological polar surface area (TPSA) is 74.7 Å². The zero-order valence-electron chi connectivity index (χ0n) is 16.6. The van der Waals surface area contributed by atoms with Crippen molar-refractivity contribution in [2.24, 2.45) is 0 Å². The number of nitrogens with zero attached hydrogens (tertiary/aromatic N) is 2. The van der Waals surface area contributed by atoms with Crippen LogP contribution >= 0.6 is 11.3 Å². The van der Waals surface area contributed by atoms with E-state index in [-0.39, 0.29) is 24.2 Å². The highest BCUT2D eigenvalue weighted by Gasteiger charge is 2.30. The van der Waals surface area contributed by atoms with E-state index in [1.807, 2.05) is 19.2 Å². The minimum Gasteiger partial charge on any atom is -0.383 e. The number of carbonyl (C=O) groups excluding carboxylic acids is 1. The number of ether oxygens (including phenoxy) is 1. The van der Waals surface area contributed by atoms with Crippen LogP contribution in [0.4, 0.5) is 18.3 Å². The summed E-state index contributed by atoms with van der Waals surface area (Å²) in [5.41, 5.74) is 0.204. The van der Waals surface area contributed by atoms with E-state index in [4.69, 9.17) is 4.74 Å². The molecular weight excluding hydrogens is 419 g/mol. The Hall–Kier alpha value is -2.01. The Morgan fingerprint density at radius 1 is 1.37 bits per heavy atom. The molecular formula is C20H24F3N3O3S. The number of morpholine rings is 1. The van der Waals surface area contributed by atoms with Gasteiger partial charge in [-0.3, -0.25) is 15.0 Å². The van der Waals surface area contributed by atoms with Gasteiger partial charge < -0.3 is 9.84 Å². The predicted molar refractivity (Wildman–Crippen MR) is 107 cm³/mol. The fraction of sp³-hybridized carbons (Fsp3) is 0.500. The molecule has 1 aromatic heterocycles. The molecule has 2 N–H and O–H groups in total. The number of rotatable bonds is 6. The molecule has 6 nitrogen and oxygen atoms in total. The Bertz CT molecular complexity index is 864. The normalized spacial score (nSPS) is 21.4. The number of hydrogen-bond acceptors (Lipinski definition) is 6. The number of halogens is 3. The molecule has 0 bridgehead atoms. The number of amides is 1. The van der Waals surface area contributed by atoms with Gasteiger partial charge in [0.2, 0.25) is 0 Å². The molecule has 30 heavy (non-hydrogen) atoms. The van der Waals surface area contributed by atoms with Gasteiger partial charge in [-0.25, -0.2) is 4.98 Å². The third kappa shape index (κ3) is 6.24. The lowest BCUT2D eigenvalue weighted by atomic mass is 10.0. The van der Waals surface area contributed by atoms with Crippen molar-refractivity contribution in [2.75, 3.05) is 18.4 Å². The molecule has 1 saturated heterocycles. The standard InChI is InChI=1S/C20H24F3N3O3S/c1-12-8-26(9-13(2)29-12)10-16-11-30-19(24-16)25-18(28)17(27)7-14-4-3-5-15(6-14)20(21,22)23/h3-6,11-13,17,27H,7-10H2,1-2H3,(H,24,25,28)/t12-,13+,17-/m0/s1. The van der Waals surface area contributed by atoms with Crippen molar-refractivity contribution in [3.63, 3.8) is 0 Å². The lowest BCUT2D eigenvalue weighted by Gasteiger charge is -2.34. The number of hydrogen-bond donors (Lipinski definition) is 2. The fourth-order valence-corrected chi connectivity index (χ4v) is 4.16. The first-order chi connectivity index (χ1) is 14.1. The molecule has 1 aliphatic heterocycles. The van der Waals surface area contributed by atoms with Crippen LogP contribution in [0.2, 0.25) is 0 Å². The van der Waals surface area contributed by atoms with E-state index in [9.17, 15) is 23.1 Å². The number of aromatic nitrogens is 1. The van der Waals surface area contributed by atoms with Crippen LogP contribution < -0.4 is 5.32 Å². The third-order valence-corrected chi connectivity index (χ3v) is 5.46. The van der Waals surface area contributed by atoms with E-state index in [0.29, 0.717) is 11.7 Å². The Morgan fingerprint density at radius 2 is 2.07 bits per heavy atom. The summed E-state index contributed by atoms with van der Waals surface area (Å²) in [6.07, 6.45) is -5.91. The first-order valence-corrected chi connectivity index (χ1v) is 10.5. The van der Waals surface area contributed by atoms with Gasteiger partial charge in [-0.15, -0.1) is 11.3 Å². The molecule has 1 aromatic carbocycles. The highest BCUT2D eigenvalue weighted by Crippen LogP contribution is 2.29. The van der Waals surface area contributed by atoms with Gasteiger partial charge in [-0.05, 0) is 25.5 Å². The summed E-state index contributed by atoms with van der Waals surface area (Å²) in [5, 5.41) is 14.8. The molecule has 0 spiro atoms. The first-order valence-electron chi connectivity index (χ1n) is 9.57. The van der Waals surface area contributed by atoms with Crippen molar-refractivity contribution in [1.82, 2.24) is 9.88 Å². The molecule has 2 heterocycles. The summed E-state index contributed by atoms with van der Waals surface area (Å²) in [7, 11) is 0.